The van der Waals surface area contributed by atoms with E-state index in [4.69, 9.17) is 0 Å². The van der Waals surface area contributed by atoms with Gasteiger partial charge < -0.3 is 10.2 Å². The predicted octanol–water partition coefficient (Wildman–Crippen LogP) is 3.28. The van der Waals surface area contributed by atoms with Crippen molar-refractivity contribution >= 4 is 17.5 Å². The summed E-state index contributed by atoms with van der Waals surface area (Å²) in [4.78, 5) is 26.4. The van der Waals surface area contributed by atoms with Crippen molar-refractivity contribution < 1.29 is 9.59 Å². The van der Waals surface area contributed by atoms with Crippen LogP contribution in [0.4, 0.5) is 5.69 Å². The molecule has 1 aliphatic rings. The summed E-state index contributed by atoms with van der Waals surface area (Å²) < 4.78 is 0. The van der Waals surface area contributed by atoms with Crippen LogP contribution in [-0.2, 0) is 22.4 Å². The summed E-state index contributed by atoms with van der Waals surface area (Å²) in [5.41, 5.74) is 3.23. The maximum Gasteiger partial charge on any atom is 0.229 e. The van der Waals surface area contributed by atoms with Crippen molar-refractivity contribution in [2.75, 3.05) is 18.4 Å². The minimum atomic E-state index is -0.269. The first-order valence-electron chi connectivity index (χ1n) is 8.87. The Bertz CT molecular complexity index is 725. The number of anilines is 1. The molecule has 4 nitrogen and oxygen atoms in total. The van der Waals surface area contributed by atoms with Gasteiger partial charge in [-0.3, -0.25) is 9.59 Å². The van der Waals surface area contributed by atoms with Crippen LogP contribution in [-0.4, -0.2) is 29.8 Å². The highest BCUT2D eigenvalue weighted by Crippen LogP contribution is 2.20. The van der Waals surface area contributed by atoms with E-state index in [-0.39, 0.29) is 17.7 Å². The Morgan fingerprint density at radius 2 is 1.80 bits per heavy atom. The fraction of sp³-hybridized carbons (Fsp3) is 0.333. The minimum absolute atomic E-state index is 0.0670. The topological polar surface area (TPSA) is 49.4 Å². The summed E-state index contributed by atoms with van der Waals surface area (Å²) in [5, 5.41) is 2.93. The molecule has 1 N–H and O–H groups in total. The standard InChI is InChI=1S/C21H24N2O2/c1-2-16-8-10-19(11-9-16)22-21(25)18-14-20(24)23(15-18)13-12-17-6-4-3-5-7-17/h3-11,18H,2,12-15H2,1H3,(H,22,25). The van der Waals surface area contributed by atoms with Gasteiger partial charge in [-0.05, 0) is 36.1 Å². The van der Waals surface area contributed by atoms with Gasteiger partial charge >= 0.3 is 0 Å². The van der Waals surface area contributed by atoms with Crippen molar-refractivity contribution in [3.8, 4) is 0 Å². The van der Waals surface area contributed by atoms with Crippen molar-refractivity contribution in [3.05, 3.63) is 65.7 Å². The smallest absolute Gasteiger partial charge is 0.229 e. The highest BCUT2D eigenvalue weighted by atomic mass is 16.2. The van der Waals surface area contributed by atoms with Gasteiger partial charge in [0, 0.05) is 25.2 Å². The molecule has 2 amide bonds. The molecule has 0 aromatic heterocycles. The second-order valence-corrected chi connectivity index (χ2v) is 6.52. The molecule has 0 spiro atoms. The van der Waals surface area contributed by atoms with Crippen LogP contribution in [0.5, 0.6) is 0 Å². The number of carbonyl (C=O) groups excluding carboxylic acids is 2. The Morgan fingerprint density at radius 1 is 1.08 bits per heavy atom. The van der Waals surface area contributed by atoms with Gasteiger partial charge in [-0.25, -0.2) is 0 Å². The molecule has 2 aromatic rings. The normalized spacial score (nSPS) is 16.9. The number of benzene rings is 2. The zero-order valence-electron chi connectivity index (χ0n) is 14.6. The van der Waals surface area contributed by atoms with Gasteiger partial charge in [-0.1, -0.05) is 49.4 Å². The quantitative estimate of drug-likeness (QED) is 0.880. The first-order valence-corrected chi connectivity index (χ1v) is 8.87. The predicted molar refractivity (Wildman–Crippen MR) is 99.3 cm³/mol. The lowest BCUT2D eigenvalue weighted by Crippen LogP contribution is -2.30. The van der Waals surface area contributed by atoms with Crippen LogP contribution in [0.25, 0.3) is 0 Å². The zero-order valence-corrected chi connectivity index (χ0v) is 14.6. The molecule has 0 bridgehead atoms. The van der Waals surface area contributed by atoms with E-state index in [1.54, 1.807) is 4.90 Å². The number of hydrogen-bond acceptors (Lipinski definition) is 2. The molecule has 1 fully saturated rings. The Balaban J connectivity index is 1.53. The lowest BCUT2D eigenvalue weighted by atomic mass is 10.1. The maximum atomic E-state index is 12.4. The third-order valence-electron chi connectivity index (χ3n) is 4.73. The summed E-state index contributed by atoms with van der Waals surface area (Å²) in [6.07, 6.45) is 2.09. The van der Waals surface area contributed by atoms with Gasteiger partial charge in [0.2, 0.25) is 11.8 Å². The number of rotatable bonds is 6. The van der Waals surface area contributed by atoms with Gasteiger partial charge in [0.25, 0.3) is 0 Å². The summed E-state index contributed by atoms with van der Waals surface area (Å²) >= 11 is 0. The maximum absolute atomic E-state index is 12.4. The van der Waals surface area contributed by atoms with Crippen molar-refractivity contribution in [1.82, 2.24) is 4.90 Å². The largest absolute Gasteiger partial charge is 0.342 e. The van der Waals surface area contributed by atoms with Gasteiger partial charge in [0.15, 0.2) is 0 Å². The summed E-state index contributed by atoms with van der Waals surface area (Å²) in [7, 11) is 0. The molecule has 4 heteroatoms. The Labute approximate surface area is 148 Å². The van der Waals surface area contributed by atoms with Gasteiger partial charge in [0.1, 0.15) is 0 Å². The number of hydrogen-bond donors (Lipinski definition) is 1. The van der Waals surface area contributed by atoms with Crippen molar-refractivity contribution in [2.24, 2.45) is 5.92 Å². The van der Waals surface area contributed by atoms with Crippen LogP contribution in [0, 0.1) is 5.92 Å². The van der Waals surface area contributed by atoms with Crippen molar-refractivity contribution in [1.29, 1.82) is 0 Å². The van der Waals surface area contributed by atoms with Gasteiger partial charge in [-0.2, -0.15) is 0 Å². The number of nitrogens with zero attached hydrogens (tertiary/aromatic N) is 1. The molecule has 130 valence electrons. The number of aryl methyl sites for hydroxylation is 1. The second-order valence-electron chi connectivity index (χ2n) is 6.52. The number of likely N-dealkylation sites (tertiary alicyclic amines) is 1. The van der Waals surface area contributed by atoms with E-state index in [0.29, 0.717) is 19.5 Å². The number of amides is 2. The van der Waals surface area contributed by atoms with E-state index in [2.05, 4.69) is 24.4 Å². The summed E-state index contributed by atoms with van der Waals surface area (Å²) in [5.74, 6) is -0.272. The highest BCUT2D eigenvalue weighted by molar-refractivity contribution is 5.97. The van der Waals surface area contributed by atoms with Crippen LogP contribution in [0.15, 0.2) is 54.6 Å². The molecule has 0 saturated carbocycles. The third-order valence-corrected chi connectivity index (χ3v) is 4.73. The number of carbonyl (C=O) groups is 2. The zero-order chi connectivity index (χ0) is 17.6. The van der Waals surface area contributed by atoms with E-state index >= 15 is 0 Å². The van der Waals surface area contributed by atoms with E-state index in [1.807, 2.05) is 42.5 Å². The first kappa shape index (κ1) is 17.2. The first-order chi connectivity index (χ1) is 12.2. The van der Waals surface area contributed by atoms with Crippen LogP contribution in [0.1, 0.15) is 24.5 Å². The molecule has 2 aromatic carbocycles. The second kappa shape index (κ2) is 7.97. The molecule has 0 aliphatic carbocycles. The molecular weight excluding hydrogens is 312 g/mol. The molecule has 1 atom stereocenters. The monoisotopic (exact) mass is 336 g/mol. The van der Waals surface area contributed by atoms with E-state index < -0.39 is 0 Å². The van der Waals surface area contributed by atoms with E-state index in [1.165, 1.54) is 11.1 Å². The molecular formula is C21H24N2O2. The Kier molecular flexibility index (Phi) is 5.49. The molecule has 1 unspecified atom stereocenters. The lowest BCUT2D eigenvalue weighted by Gasteiger charge is -2.16. The minimum Gasteiger partial charge on any atom is -0.342 e. The highest BCUT2D eigenvalue weighted by Gasteiger charge is 2.33. The Hall–Kier alpha value is -2.62. The molecule has 25 heavy (non-hydrogen) atoms. The summed E-state index contributed by atoms with van der Waals surface area (Å²) in [6.45, 7) is 3.27. The van der Waals surface area contributed by atoms with Crippen LogP contribution >= 0.6 is 0 Å². The Morgan fingerprint density at radius 3 is 2.48 bits per heavy atom. The average Bonchev–Trinajstić information content (AvgIpc) is 3.02. The SMILES string of the molecule is CCc1ccc(NC(=O)C2CC(=O)N(CCc3ccccc3)C2)cc1. The van der Waals surface area contributed by atoms with Gasteiger partial charge in [0.05, 0.1) is 5.92 Å². The van der Waals surface area contributed by atoms with Crippen LogP contribution < -0.4 is 5.32 Å². The fourth-order valence-corrected chi connectivity index (χ4v) is 3.14. The lowest BCUT2D eigenvalue weighted by molar-refractivity contribution is -0.128. The van der Waals surface area contributed by atoms with Crippen molar-refractivity contribution in [3.63, 3.8) is 0 Å². The average molecular weight is 336 g/mol. The fourth-order valence-electron chi connectivity index (χ4n) is 3.14. The summed E-state index contributed by atoms with van der Waals surface area (Å²) in [6, 6.07) is 18.0. The molecule has 1 saturated heterocycles. The van der Waals surface area contributed by atoms with E-state index in [0.717, 1.165) is 18.5 Å². The van der Waals surface area contributed by atoms with Crippen LogP contribution in [0.3, 0.4) is 0 Å². The molecule has 3 rings (SSSR count). The third kappa shape index (κ3) is 4.47. The van der Waals surface area contributed by atoms with E-state index in [9.17, 15) is 9.59 Å². The van der Waals surface area contributed by atoms with Crippen molar-refractivity contribution in [2.45, 2.75) is 26.2 Å². The van der Waals surface area contributed by atoms with Crippen LogP contribution in [0.2, 0.25) is 0 Å². The van der Waals surface area contributed by atoms with Gasteiger partial charge in [-0.15, -0.1) is 0 Å². The molecule has 1 heterocycles. The molecule has 1 aliphatic heterocycles. The molecule has 0 radical (unpaired) electrons. The number of nitrogens with one attached hydrogen (secondary N) is 1.